The summed E-state index contributed by atoms with van der Waals surface area (Å²) in [4.78, 5) is 0. The van der Waals surface area contributed by atoms with E-state index < -0.39 is 0 Å². The van der Waals surface area contributed by atoms with E-state index in [-0.39, 0.29) is 6.04 Å². The highest BCUT2D eigenvalue weighted by atomic mass is 127. The van der Waals surface area contributed by atoms with Crippen molar-refractivity contribution < 1.29 is 0 Å². The Bertz CT molecular complexity index is 275. The van der Waals surface area contributed by atoms with Gasteiger partial charge in [0.15, 0.2) is 0 Å². The molecule has 1 atom stereocenters. The van der Waals surface area contributed by atoms with Gasteiger partial charge in [0.1, 0.15) is 0 Å². The van der Waals surface area contributed by atoms with Crippen LogP contribution in [0.5, 0.6) is 0 Å². The summed E-state index contributed by atoms with van der Waals surface area (Å²) in [5.74, 6) is 0. The molecule has 0 bridgehead atoms. The van der Waals surface area contributed by atoms with E-state index in [0.717, 1.165) is 20.6 Å². The molecule has 0 radical (unpaired) electrons. The van der Waals surface area contributed by atoms with Crippen LogP contribution in [0.3, 0.4) is 0 Å². The SMILES string of the molecule is CC[C@H](N)c1ccc(I)c(Cl)c1. The lowest BCUT2D eigenvalue weighted by atomic mass is 10.1. The van der Waals surface area contributed by atoms with Crippen molar-refractivity contribution >= 4 is 34.2 Å². The molecule has 1 aromatic rings. The first-order chi connectivity index (χ1) is 5.65. The summed E-state index contributed by atoms with van der Waals surface area (Å²) in [6.07, 6.45) is 0.941. The van der Waals surface area contributed by atoms with Crippen LogP contribution < -0.4 is 5.73 Å². The fraction of sp³-hybridized carbons (Fsp3) is 0.333. The summed E-state index contributed by atoms with van der Waals surface area (Å²) in [7, 11) is 0. The monoisotopic (exact) mass is 295 g/mol. The third kappa shape index (κ3) is 2.34. The van der Waals surface area contributed by atoms with Crippen molar-refractivity contribution in [1.29, 1.82) is 0 Å². The average molecular weight is 296 g/mol. The zero-order chi connectivity index (χ0) is 9.14. The number of nitrogens with two attached hydrogens (primary N) is 1. The van der Waals surface area contributed by atoms with Crippen molar-refractivity contribution in [1.82, 2.24) is 0 Å². The van der Waals surface area contributed by atoms with Crippen LogP contribution in [0.15, 0.2) is 18.2 Å². The summed E-state index contributed by atoms with van der Waals surface area (Å²) < 4.78 is 1.07. The van der Waals surface area contributed by atoms with Gasteiger partial charge in [0.25, 0.3) is 0 Å². The Balaban J connectivity index is 2.96. The van der Waals surface area contributed by atoms with Gasteiger partial charge in [0.05, 0.1) is 5.02 Å². The first-order valence-corrected chi connectivity index (χ1v) is 5.31. The molecule has 66 valence electrons. The molecular weight excluding hydrogens is 284 g/mol. The highest BCUT2D eigenvalue weighted by molar-refractivity contribution is 14.1. The maximum Gasteiger partial charge on any atom is 0.0542 e. The van der Waals surface area contributed by atoms with Gasteiger partial charge in [-0.1, -0.05) is 24.6 Å². The number of hydrogen-bond acceptors (Lipinski definition) is 1. The molecule has 0 spiro atoms. The minimum atomic E-state index is 0.111. The Kier molecular flexibility index (Phi) is 3.80. The lowest BCUT2D eigenvalue weighted by Crippen LogP contribution is -2.08. The van der Waals surface area contributed by atoms with Gasteiger partial charge in [-0.15, -0.1) is 0 Å². The Morgan fingerprint density at radius 2 is 2.25 bits per heavy atom. The summed E-state index contributed by atoms with van der Waals surface area (Å²) in [6, 6.07) is 6.08. The molecule has 0 aromatic heterocycles. The largest absolute Gasteiger partial charge is 0.324 e. The van der Waals surface area contributed by atoms with E-state index in [4.69, 9.17) is 17.3 Å². The van der Waals surface area contributed by atoms with E-state index >= 15 is 0 Å². The predicted octanol–water partition coefficient (Wildman–Crippen LogP) is 3.35. The highest BCUT2D eigenvalue weighted by Gasteiger charge is 2.04. The highest BCUT2D eigenvalue weighted by Crippen LogP contribution is 2.23. The quantitative estimate of drug-likeness (QED) is 0.832. The van der Waals surface area contributed by atoms with Crippen LogP contribution in [-0.4, -0.2) is 0 Å². The molecule has 0 fully saturated rings. The smallest absolute Gasteiger partial charge is 0.0542 e. The Morgan fingerprint density at radius 3 is 2.75 bits per heavy atom. The van der Waals surface area contributed by atoms with Crippen molar-refractivity contribution in [2.24, 2.45) is 5.73 Å². The average Bonchev–Trinajstić information content (AvgIpc) is 2.08. The molecule has 0 amide bonds. The van der Waals surface area contributed by atoms with Crippen molar-refractivity contribution in [2.75, 3.05) is 0 Å². The molecule has 0 aliphatic heterocycles. The molecule has 0 saturated heterocycles. The molecule has 1 rings (SSSR count). The van der Waals surface area contributed by atoms with Gasteiger partial charge in [-0.05, 0) is 46.7 Å². The van der Waals surface area contributed by atoms with Crippen LogP contribution in [0.1, 0.15) is 24.9 Å². The normalized spacial score (nSPS) is 13.0. The molecule has 12 heavy (non-hydrogen) atoms. The van der Waals surface area contributed by atoms with Crippen LogP contribution >= 0.6 is 34.2 Å². The number of halogens is 2. The van der Waals surface area contributed by atoms with E-state index in [2.05, 4.69) is 29.5 Å². The second-order valence-corrected chi connectivity index (χ2v) is 4.26. The van der Waals surface area contributed by atoms with Crippen LogP contribution in [0.4, 0.5) is 0 Å². The van der Waals surface area contributed by atoms with Crippen LogP contribution in [0, 0.1) is 3.57 Å². The Hall–Kier alpha value is 0.200. The number of rotatable bonds is 2. The molecule has 2 N–H and O–H groups in total. The molecule has 3 heteroatoms. The number of benzene rings is 1. The summed E-state index contributed by atoms with van der Waals surface area (Å²) >= 11 is 8.16. The van der Waals surface area contributed by atoms with Crippen molar-refractivity contribution in [3.05, 3.63) is 32.4 Å². The van der Waals surface area contributed by atoms with Crippen molar-refractivity contribution in [3.8, 4) is 0 Å². The maximum absolute atomic E-state index is 5.95. The van der Waals surface area contributed by atoms with Gasteiger partial charge in [-0.25, -0.2) is 0 Å². The number of hydrogen-bond donors (Lipinski definition) is 1. The lowest BCUT2D eigenvalue weighted by molar-refractivity contribution is 0.698. The van der Waals surface area contributed by atoms with Crippen LogP contribution in [-0.2, 0) is 0 Å². The van der Waals surface area contributed by atoms with Gasteiger partial charge in [-0.3, -0.25) is 0 Å². The molecule has 0 aliphatic rings. The van der Waals surface area contributed by atoms with Gasteiger partial charge >= 0.3 is 0 Å². The van der Waals surface area contributed by atoms with E-state index in [0.29, 0.717) is 0 Å². The molecule has 1 aromatic carbocycles. The molecule has 1 nitrogen and oxygen atoms in total. The molecule has 0 heterocycles. The topological polar surface area (TPSA) is 26.0 Å². The van der Waals surface area contributed by atoms with Crippen molar-refractivity contribution in [3.63, 3.8) is 0 Å². The van der Waals surface area contributed by atoms with E-state index in [1.54, 1.807) is 0 Å². The minimum Gasteiger partial charge on any atom is -0.324 e. The first-order valence-electron chi connectivity index (χ1n) is 3.85. The van der Waals surface area contributed by atoms with Crippen LogP contribution in [0.25, 0.3) is 0 Å². The van der Waals surface area contributed by atoms with Crippen molar-refractivity contribution in [2.45, 2.75) is 19.4 Å². The standard InChI is InChI=1S/C9H11ClIN/c1-2-9(12)6-3-4-8(11)7(10)5-6/h3-5,9H,2,12H2,1H3/t9-/m0/s1. The van der Waals surface area contributed by atoms with Gasteiger partial charge < -0.3 is 5.73 Å². The second-order valence-electron chi connectivity index (χ2n) is 2.69. The Labute approximate surface area is 91.4 Å². The predicted molar refractivity (Wildman–Crippen MR) is 61.4 cm³/mol. The van der Waals surface area contributed by atoms with E-state index in [1.807, 2.05) is 18.2 Å². The lowest BCUT2D eigenvalue weighted by Gasteiger charge is -2.09. The first kappa shape index (κ1) is 10.3. The second kappa shape index (κ2) is 4.44. The third-order valence-electron chi connectivity index (χ3n) is 1.81. The van der Waals surface area contributed by atoms with Gasteiger partial charge in [-0.2, -0.15) is 0 Å². The summed E-state index contributed by atoms with van der Waals surface area (Å²) in [5, 5.41) is 0.789. The van der Waals surface area contributed by atoms with Gasteiger partial charge in [0.2, 0.25) is 0 Å². The van der Waals surface area contributed by atoms with Crippen LogP contribution in [0.2, 0.25) is 5.02 Å². The maximum atomic E-state index is 5.95. The summed E-state index contributed by atoms with van der Waals surface area (Å²) in [6.45, 7) is 2.07. The third-order valence-corrected chi connectivity index (χ3v) is 3.38. The summed E-state index contributed by atoms with van der Waals surface area (Å²) in [5.41, 5.74) is 6.97. The van der Waals surface area contributed by atoms with E-state index in [9.17, 15) is 0 Å². The minimum absolute atomic E-state index is 0.111. The molecule has 0 aliphatic carbocycles. The molecule has 0 unspecified atom stereocenters. The zero-order valence-corrected chi connectivity index (χ0v) is 9.76. The fourth-order valence-electron chi connectivity index (χ4n) is 0.979. The zero-order valence-electron chi connectivity index (χ0n) is 6.85. The Morgan fingerprint density at radius 1 is 1.58 bits per heavy atom. The molecule has 0 saturated carbocycles. The van der Waals surface area contributed by atoms with E-state index in [1.165, 1.54) is 0 Å². The van der Waals surface area contributed by atoms with Gasteiger partial charge in [0, 0.05) is 9.61 Å². The fourth-order valence-corrected chi connectivity index (χ4v) is 1.50. The molecular formula is C9H11ClIN.